The van der Waals surface area contributed by atoms with E-state index in [4.69, 9.17) is 16.2 Å². The van der Waals surface area contributed by atoms with E-state index in [0.717, 1.165) is 5.56 Å². The molecule has 0 bridgehead atoms. The molecule has 1 atom stereocenters. The lowest BCUT2D eigenvalue weighted by atomic mass is 10.00. The summed E-state index contributed by atoms with van der Waals surface area (Å²) >= 11 is 0. The number of benzene rings is 3. The first kappa shape index (κ1) is 28.4. The second-order valence-electron chi connectivity index (χ2n) is 10.5. The molecule has 5 N–H and O–H groups in total. The van der Waals surface area contributed by atoms with Crippen LogP contribution in [0.3, 0.4) is 0 Å². The number of hydrogen-bond acceptors (Lipinski definition) is 5. The molecule has 0 radical (unpaired) electrons. The van der Waals surface area contributed by atoms with Crippen LogP contribution in [-0.2, 0) is 0 Å². The van der Waals surface area contributed by atoms with Gasteiger partial charge in [-0.2, -0.15) is 4.99 Å². The van der Waals surface area contributed by atoms with Crippen LogP contribution in [0.25, 0.3) is 0 Å². The lowest BCUT2D eigenvalue weighted by Gasteiger charge is -2.35. The average molecular weight is 541 g/mol. The molecule has 1 aliphatic rings. The van der Waals surface area contributed by atoms with Crippen molar-refractivity contribution in [3.05, 3.63) is 107 Å². The van der Waals surface area contributed by atoms with Crippen molar-refractivity contribution in [2.45, 2.75) is 25.4 Å². The van der Waals surface area contributed by atoms with Crippen LogP contribution in [0.5, 0.6) is 11.5 Å². The molecule has 3 aromatic carbocycles. The van der Waals surface area contributed by atoms with E-state index in [9.17, 15) is 9.59 Å². The number of carbonyl (C=O) groups is 2. The summed E-state index contributed by atoms with van der Waals surface area (Å²) in [6.07, 6.45) is 0. The molecule has 0 saturated carbocycles. The third kappa shape index (κ3) is 6.50. The fraction of sp³-hybridized carbons (Fsp3) is 0.258. The van der Waals surface area contributed by atoms with Gasteiger partial charge in [0.05, 0.1) is 18.1 Å². The number of ether oxygens (including phenoxy) is 1. The van der Waals surface area contributed by atoms with Crippen LogP contribution in [0.1, 0.15) is 35.8 Å². The summed E-state index contributed by atoms with van der Waals surface area (Å²) in [6.45, 7) is 4.43. The largest absolute Gasteiger partial charge is 0.457 e. The number of amides is 3. The number of amidine groups is 1. The number of carbonyl (C=O) groups excluding carboxylic acids is 2. The zero-order valence-corrected chi connectivity index (χ0v) is 23.3. The summed E-state index contributed by atoms with van der Waals surface area (Å²) in [5.74, 6) is 0.597. The fourth-order valence-corrected chi connectivity index (χ4v) is 4.57. The van der Waals surface area contributed by atoms with Crippen LogP contribution in [-0.4, -0.2) is 60.3 Å². The fourth-order valence-electron chi connectivity index (χ4n) is 4.57. The van der Waals surface area contributed by atoms with Crippen molar-refractivity contribution in [1.82, 2.24) is 15.1 Å². The standard InChI is InChI=1S/C31H36N6O3/c1-31(2)27(32)25(19-37(31)30(39)34-26(20-36(3)4)21-12-7-5-8-13-21)28(33)35-29(38)22-14-11-17-24(18-22)40-23-15-9-6-10-16-23/h5-18,26H,19-20,32H2,1-4H3,(H,34,39)(H2,33,35,38)/t26-/m1/s1. The van der Waals surface area contributed by atoms with Crippen LogP contribution in [0.2, 0.25) is 0 Å². The smallest absolute Gasteiger partial charge is 0.318 e. The number of nitrogens with zero attached hydrogens (tertiary/aromatic N) is 3. The maximum Gasteiger partial charge on any atom is 0.318 e. The van der Waals surface area contributed by atoms with Crippen molar-refractivity contribution >= 4 is 17.8 Å². The normalized spacial score (nSPS) is 15.7. The molecule has 3 amide bonds. The van der Waals surface area contributed by atoms with Crippen molar-refractivity contribution < 1.29 is 14.3 Å². The highest BCUT2D eigenvalue weighted by Gasteiger charge is 2.42. The molecule has 1 heterocycles. The number of hydrogen-bond donors (Lipinski definition) is 3. The lowest BCUT2D eigenvalue weighted by molar-refractivity contribution is 0.100. The van der Waals surface area contributed by atoms with Crippen LogP contribution in [0.4, 0.5) is 4.79 Å². The number of para-hydroxylation sites is 1. The van der Waals surface area contributed by atoms with Crippen LogP contribution >= 0.6 is 0 Å². The van der Waals surface area contributed by atoms with Gasteiger partial charge in [0.25, 0.3) is 5.91 Å². The van der Waals surface area contributed by atoms with Gasteiger partial charge in [-0.25, -0.2) is 4.79 Å². The van der Waals surface area contributed by atoms with E-state index >= 15 is 0 Å². The predicted octanol–water partition coefficient (Wildman–Crippen LogP) is 4.30. The van der Waals surface area contributed by atoms with E-state index in [-0.39, 0.29) is 24.5 Å². The van der Waals surface area contributed by atoms with Gasteiger partial charge in [-0.3, -0.25) is 4.79 Å². The number of aliphatic imine (C=N–C) groups is 1. The summed E-state index contributed by atoms with van der Waals surface area (Å²) < 4.78 is 5.83. The van der Waals surface area contributed by atoms with Crippen molar-refractivity contribution in [2.24, 2.45) is 16.5 Å². The van der Waals surface area contributed by atoms with E-state index in [1.807, 2.05) is 93.5 Å². The molecular weight excluding hydrogens is 504 g/mol. The highest BCUT2D eigenvalue weighted by atomic mass is 16.5. The van der Waals surface area contributed by atoms with Gasteiger partial charge in [-0.15, -0.1) is 0 Å². The van der Waals surface area contributed by atoms with Crippen LogP contribution < -0.4 is 21.5 Å². The van der Waals surface area contributed by atoms with Gasteiger partial charge in [0.1, 0.15) is 17.3 Å². The van der Waals surface area contributed by atoms with Gasteiger partial charge in [0.15, 0.2) is 0 Å². The Morgan fingerprint density at radius 2 is 1.62 bits per heavy atom. The third-order valence-corrected chi connectivity index (χ3v) is 6.86. The van der Waals surface area contributed by atoms with Crippen LogP contribution in [0.15, 0.2) is 101 Å². The second-order valence-corrected chi connectivity index (χ2v) is 10.5. The molecule has 208 valence electrons. The van der Waals surface area contributed by atoms with Crippen molar-refractivity contribution in [2.75, 3.05) is 27.2 Å². The lowest BCUT2D eigenvalue weighted by Crippen LogP contribution is -2.52. The number of nitrogens with two attached hydrogens (primary N) is 2. The quantitative estimate of drug-likeness (QED) is 0.289. The zero-order valence-electron chi connectivity index (χ0n) is 23.3. The van der Waals surface area contributed by atoms with E-state index in [1.165, 1.54) is 0 Å². The average Bonchev–Trinajstić information content (AvgIpc) is 3.17. The van der Waals surface area contributed by atoms with Gasteiger partial charge in [0, 0.05) is 23.4 Å². The Kier molecular flexibility index (Phi) is 8.55. The monoisotopic (exact) mass is 540 g/mol. The van der Waals surface area contributed by atoms with E-state index < -0.39 is 11.4 Å². The number of rotatable bonds is 8. The van der Waals surface area contributed by atoms with Gasteiger partial charge < -0.3 is 31.3 Å². The first-order valence-electron chi connectivity index (χ1n) is 13.0. The maximum absolute atomic E-state index is 13.5. The minimum absolute atomic E-state index is 0.0202. The predicted molar refractivity (Wildman–Crippen MR) is 157 cm³/mol. The van der Waals surface area contributed by atoms with Crippen molar-refractivity contribution in [1.29, 1.82) is 0 Å². The topological polar surface area (TPSA) is 126 Å². The zero-order chi connectivity index (χ0) is 28.9. The van der Waals surface area contributed by atoms with Gasteiger partial charge in [-0.05, 0) is 63.8 Å². The van der Waals surface area contributed by atoms with Crippen molar-refractivity contribution in [3.8, 4) is 11.5 Å². The van der Waals surface area contributed by atoms with E-state index in [2.05, 4.69) is 10.3 Å². The molecule has 9 nitrogen and oxygen atoms in total. The molecule has 40 heavy (non-hydrogen) atoms. The first-order chi connectivity index (χ1) is 19.1. The minimum Gasteiger partial charge on any atom is -0.457 e. The SMILES string of the molecule is CN(C)C[C@@H](NC(=O)N1CC(C(N)=NC(=O)c2cccc(Oc3ccccc3)c2)=C(N)C1(C)C)c1ccccc1. The summed E-state index contributed by atoms with van der Waals surface area (Å²) in [5, 5.41) is 3.14. The first-order valence-corrected chi connectivity index (χ1v) is 13.0. The summed E-state index contributed by atoms with van der Waals surface area (Å²) in [6, 6.07) is 25.3. The summed E-state index contributed by atoms with van der Waals surface area (Å²) in [5.41, 5.74) is 14.1. The highest BCUT2D eigenvalue weighted by molar-refractivity contribution is 6.09. The molecule has 4 rings (SSSR count). The number of nitrogens with one attached hydrogen (secondary N) is 1. The van der Waals surface area contributed by atoms with Gasteiger partial charge >= 0.3 is 6.03 Å². The molecule has 0 spiro atoms. The van der Waals surface area contributed by atoms with E-state index in [1.54, 1.807) is 29.2 Å². The Bertz CT molecular complexity index is 1420. The third-order valence-electron chi connectivity index (χ3n) is 6.86. The number of likely N-dealkylation sites (N-methyl/N-ethyl adjacent to an activating group) is 1. The molecule has 0 unspecified atom stereocenters. The van der Waals surface area contributed by atoms with Gasteiger partial charge in [0.2, 0.25) is 0 Å². The Morgan fingerprint density at radius 1 is 1.00 bits per heavy atom. The Hall–Kier alpha value is -4.63. The Labute approximate surface area is 235 Å². The maximum atomic E-state index is 13.5. The molecule has 1 aliphatic heterocycles. The molecule has 0 aliphatic carbocycles. The molecule has 0 fully saturated rings. The summed E-state index contributed by atoms with van der Waals surface area (Å²) in [7, 11) is 3.91. The van der Waals surface area contributed by atoms with Crippen LogP contribution in [0, 0.1) is 0 Å². The van der Waals surface area contributed by atoms with E-state index in [0.29, 0.717) is 34.9 Å². The molecular formula is C31H36N6O3. The highest BCUT2D eigenvalue weighted by Crippen LogP contribution is 2.32. The van der Waals surface area contributed by atoms with Gasteiger partial charge in [-0.1, -0.05) is 54.6 Å². The molecule has 3 aromatic rings. The number of urea groups is 1. The minimum atomic E-state index is -0.842. The van der Waals surface area contributed by atoms with Crippen molar-refractivity contribution in [3.63, 3.8) is 0 Å². The molecule has 9 heteroatoms. The Balaban J connectivity index is 1.50. The summed E-state index contributed by atoms with van der Waals surface area (Å²) in [4.78, 5) is 34.3. The second kappa shape index (κ2) is 12.0. The molecule has 0 aromatic heterocycles. The molecule has 0 saturated heterocycles. The Morgan fingerprint density at radius 3 is 2.27 bits per heavy atom.